The number of aromatic nitrogens is 1. The van der Waals surface area contributed by atoms with Crippen molar-refractivity contribution in [3.05, 3.63) is 157 Å². The number of anilines is 3. The topological polar surface area (TPSA) is 8.17 Å². The van der Waals surface area contributed by atoms with Crippen LogP contribution in [0.1, 0.15) is 117 Å². The Morgan fingerprint density at radius 3 is 1.65 bits per heavy atom. The Labute approximate surface area is 343 Å². The third-order valence-electron chi connectivity index (χ3n) is 12.5. The minimum atomic E-state index is 0.220. The molecule has 0 aliphatic rings. The van der Waals surface area contributed by atoms with E-state index in [1.807, 2.05) is 0 Å². The molecule has 6 aromatic carbocycles. The molecule has 7 aromatic rings. The average Bonchev–Trinajstić information content (AvgIpc) is 3.56. The zero-order chi connectivity index (χ0) is 39.8. The van der Waals surface area contributed by atoms with Gasteiger partial charge in [0.1, 0.15) is 0 Å². The van der Waals surface area contributed by atoms with Crippen LogP contribution in [0.4, 0.5) is 17.1 Å². The molecular formula is C55H64N2. The fourth-order valence-electron chi connectivity index (χ4n) is 9.23. The van der Waals surface area contributed by atoms with Crippen molar-refractivity contribution in [1.29, 1.82) is 0 Å². The highest BCUT2D eigenvalue weighted by Crippen LogP contribution is 2.49. The van der Waals surface area contributed by atoms with E-state index in [0.717, 1.165) is 17.1 Å². The van der Waals surface area contributed by atoms with Gasteiger partial charge in [0.25, 0.3) is 0 Å². The van der Waals surface area contributed by atoms with Crippen molar-refractivity contribution in [3.63, 3.8) is 0 Å². The molecule has 0 N–H and O–H groups in total. The maximum Gasteiger partial charge on any atom is 0.0541 e. The van der Waals surface area contributed by atoms with Crippen molar-refractivity contribution in [2.75, 3.05) is 4.90 Å². The third-order valence-corrected chi connectivity index (χ3v) is 12.5. The summed E-state index contributed by atoms with van der Waals surface area (Å²) in [6.07, 6.45) is 13.0. The van der Waals surface area contributed by atoms with Crippen molar-refractivity contribution in [2.24, 2.45) is 10.8 Å². The predicted molar refractivity (Wildman–Crippen MR) is 249 cm³/mol. The predicted octanol–water partition coefficient (Wildman–Crippen LogP) is 17.0. The molecule has 1 heterocycles. The standard InChI is InChI=1S/C55H64N2/c1-7-9-11-21-38-54(3,4)41-51(55(5,6)39-20-10-8-2)44-32-37-53-50(40-44)49-26-18-19-27-52(49)57(53)48-35-30-43(31-36-48)42-28-33-47(34-29-42)56(45-22-14-12-15-23-45)46-24-16-13-17-25-46/h12-19,22-37,40,51H,7-11,20-21,38-39,41H2,1-6H3. The number of para-hydroxylation sites is 3. The van der Waals surface area contributed by atoms with Gasteiger partial charge in [-0.05, 0) is 119 Å². The Hall–Kier alpha value is -5.08. The first kappa shape index (κ1) is 40.1. The van der Waals surface area contributed by atoms with Gasteiger partial charge < -0.3 is 9.47 Å². The lowest BCUT2D eigenvalue weighted by molar-refractivity contribution is 0.172. The molecule has 2 heteroatoms. The van der Waals surface area contributed by atoms with Gasteiger partial charge in [-0.25, -0.2) is 0 Å². The van der Waals surface area contributed by atoms with E-state index in [1.165, 1.54) is 108 Å². The smallest absolute Gasteiger partial charge is 0.0541 e. The van der Waals surface area contributed by atoms with E-state index in [4.69, 9.17) is 0 Å². The molecular weight excluding hydrogens is 689 g/mol. The number of hydrogen-bond donors (Lipinski definition) is 0. The first-order valence-corrected chi connectivity index (χ1v) is 21.8. The summed E-state index contributed by atoms with van der Waals surface area (Å²) in [6.45, 7) is 14.8. The van der Waals surface area contributed by atoms with Gasteiger partial charge in [-0.3, -0.25) is 0 Å². The molecule has 294 valence electrons. The van der Waals surface area contributed by atoms with Gasteiger partial charge in [-0.15, -0.1) is 0 Å². The van der Waals surface area contributed by atoms with Crippen molar-refractivity contribution in [1.82, 2.24) is 4.57 Å². The summed E-state index contributed by atoms with van der Waals surface area (Å²) in [6, 6.07) is 55.8. The molecule has 57 heavy (non-hydrogen) atoms. The van der Waals surface area contributed by atoms with E-state index in [2.05, 4.69) is 203 Å². The second-order valence-electron chi connectivity index (χ2n) is 17.9. The van der Waals surface area contributed by atoms with Gasteiger partial charge in [0.05, 0.1) is 11.0 Å². The molecule has 0 spiro atoms. The first-order valence-electron chi connectivity index (χ1n) is 21.8. The molecule has 0 saturated carbocycles. The molecule has 0 bridgehead atoms. The molecule has 2 nitrogen and oxygen atoms in total. The highest BCUT2D eigenvalue weighted by molar-refractivity contribution is 6.09. The molecule has 1 unspecified atom stereocenters. The van der Waals surface area contributed by atoms with Gasteiger partial charge in [-0.1, -0.05) is 171 Å². The largest absolute Gasteiger partial charge is 0.311 e. The number of unbranched alkanes of at least 4 members (excludes halogenated alkanes) is 5. The average molecular weight is 753 g/mol. The van der Waals surface area contributed by atoms with Gasteiger partial charge in [0.2, 0.25) is 0 Å². The molecule has 0 fully saturated rings. The number of hydrogen-bond acceptors (Lipinski definition) is 1. The van der Waals surface area contributed by atoms with Gasteiger partial charge in [0.15, 0.2) is 0 Å². The summed E-state index contributed by atoms with van der Waals surface area (Å²) >= 11 is 0. The lowest BCUT2D eigenvalue weighted by Crippen LogP contribution is -2.28. The Bertz CT molecular complexity index is 2270. The van der Waals surface area contributed by atoms with E-state index in [0.29, 0.717) is 11.3 Å². The minimum Gasteiger partial charge on any atom is -0.311 e. The van der Waals surface area contributed by atoms with Crippen LogP contribution >= 0.6 is 0 Å². The zero-order valence-electron chi connectivity index (χ0n) is 35.5. The van der Waals surface area contributed by atoms with Crippen LogP contribution in [0.15, 0.2) is 152 Å². The zero-order valence-corrected chi connectivity index (χ0v) is 35.5. The van der Waals surface area contributed by atoms with Crippen molar-refractivity contribution < 1.29 is 0 Å². The fraction of sp³-hybridized carbons (Fsp3) is 0.345. The van der Waals surface area contributed by atoms with E-state index in [9.17, 15) is 0 Å². The van der Waals surface area contributed by atoms with Gasteiger partial charge in [-0.2, -0.15) is 0 Å². The maximum absolute atomic E-state index is 2.57. The van der Waals surface area contributed by atoms with E-state index in [-0.39, 0.29) is 5.41 Å². The SMILES string of the molecule is CCCCCCC(C)(C)CC(c1ccc2c(c1)c1ccccc1n2-c1ccc(-c2ccc(N(c3ccccc3)c3ccccc3)cc2)cc1)C(C)(C)CCCCC. The number of benzene rings is 6. The lowest BCUT2D eigenvalue weighted by atomic mass is 9.64. The summed E-state index contributed by atoms with van der Waals surface area (Å²) in [5.41, 5.74) is 11.6. The second-order valence-corrected chi connectivity index (χ2v) is 17.9. The third kappa shape index (κ3) is 9.23. The Morgan fingerprint density at radius 2 is 1.02 bits per heavy atom. The first-order chi connectivity index (χ1) is 27.7. The van der Waals surface area contributed by atoms with Crippen LogP contribution in [-0.4, -0.2) is 4.57 Å². The summed E-state index contributed by atoms with van der Waals surface area (Å²) in [7, 11) is 0. The highest BCUT2D eigenvalue weighted by Gasteiger charge is 2.35. The monoisotopic (exact) mass is 753 g/mol. The molecule has 0 saturated heterocycles. The van der Waals surface area contributed by atoms with Crippen molar-refractivity contribution in [3.8, 4) is 16.8 Å². The maximum atomic E-state index is 2.57. The molecule has 0 radical (unpaired) electrons. The van der Waals surface area contributed by atoms with Crippen molar-refractivity contribution in [2.45, 2.75) is 112 Å². The molecule has 0 aliphatic heterocycles. The summed E-state index contributed by atoms with van der Waals surface area (Å²) in [5, 5.41) is 2.69. The number of rotatable bonds is 18. The fourth-order valence-corrected chi connectivity index (χ4v) is 9.23. The molecule has 0 amide bonds. The summed E-state index contributed by atoms with van der Waals surface area (Å²) in [5.74, 6) is 0.500. The van der Waals surface area contributed by atoms with E-state index < -0.39 is 0 Å². The van der Waals surface area contributed by atoms with E-state index in [1.54, 1.807) is 0 Å². The van der Waals surface area contributed by atoms with Crippen LogP contribution in [0.2, 0.25) is 0 Å². The Kier molecular flexibility index (Phi) is 12.7. The van der Waals surface area contributed by atoms with E-state index >= 15 is 0 Å². The van der Waals surface area contributed by atoms with Crippen LogP contribution in [0.3, 0.4) is 0 Å². The van der Waals surface area contributed by atoms with Crippen LogP contribution < -0.4 is 4.90 Å². The second kappa shape index (κ2) is 18.0. The lowest BCUT2D eigenvalue weighted by Gasteiger charge is -2.40. The van der Waals surface area contributed by atoms with Crippen LogP contribution in [0.25, 0.3) is 38.6 Å². The summed E-state index contributed by atoms with van der Waals surface area (Å²) in [4.78, 5) is 2.31. The molecule has 1 aromatic heterocycles. The summed E-state index contributed by atoms with van der Waals surface area (Å²) < 4.78 is 2.47. The highest BCUT2D eigenvalue weighted by atomic mass is 15.1. The minimum absolute atomic E-state index is 0.220. The molecule has 0 aliphatic carbocycles. The van der Waals surface area contributed by atoms with Gasteiger partial charge >= 0.3 is 0 Å². The Morgan fingerprint density at radius 1 is 0.491 bits per heavy atom. The number of nitrogens with zero attached hydrogens (tertiary/aromatic N) is 2. The van der Waals surface area contributed by atoms with Gasteiger partial charge in [0, 0.05) is 33.5 Å². The van der Waals surface area contributed by atoms with Crippen LogP contribution in [0, 0.1) is 10.8 Å². The van der Waals surface area contributed by atoms with Crippen LogP contribution in [-0.2, 0) is 0 Å². The normalized spacial score (nSPS) is 12.7. The molecule has 1 atom stereocenters. The van der Waals surface area contributed by atoms with Crippen molar-refractivity contribution >= 4 is 38.9 Å². The quantitative estimate of drug-likeness (QED) is 0.0793. The Balaban J connectivity index is 1.20. The van der Waals surface area contributed by atoms with Crippen LogP contribution in [0.5, 0.6) is 0 Å². The molecule has 7 rings (SSSR count). The number of fused-ring (bicyclic) bond motifs is 3.